The van der Waals surface area contributed by atoms with Gasteiger partial charge in [-0.3, -0.25) is 4.79 Å². The molecule has 5 nitrogen and oxygen atoms in total. The lowest BCUT2D eigenvalue weighted by molar-refractivity contribution is -0.173. The van der Waals surface area contributed by atoms with Gasteiger partial charge in [0.1, 0.15) is 5.82 Å². The molecule has 2 aromatic rings. The van der Waals surface area contributed by atoms with Crippen LogP contribution in [0.4, 0.5) is 19.0 Å². The Morgan fingerprint density at radius 3 is 2.41 bits per heavy atom. The Morgan fingerprint density at radius 1 is 1.14 bits per heavy atom. The number of alkyl halides is 3. The second-order valence-corrected chi connectivity index (χ2v) is 8.10. The van der Waals surface area contributed by atoms with Gasteiger partial charge in [0.2, 0.25) is 0 Å². The Labute approximate surface area is 167 Å². The number of nitrogens with one attached hydrogen (secondary N) is 1. The summed E-state index contributed by atoms with van der Waals surface area (Å²) in [7, 11) is 0. The highest BCUT2D eigenvalue weighted by Crippen LogP contribution is 2.43. The smallest absolute Gasteiger partial charge is 0.363 e. The lowest BCUT2D eigenvalue weighted by Crippen LogP contribution is -2.47. The molecule has 0 spiro atoms. The molecular weight excluding hydrogens is 381 g/mol. The molecule has 0 bridgehead atoms. The minimum Gasteiger partial charge on any atom is -0.363 e. The van der Waals surface area contributed by atoms with Crippen LogP contribution in [0.2, 0.25) is 0 Å². The normalized spacial score (nSPS) is 27.3. The lowest BCUT2D eigenvalue weighted by Gasteiger charge is -2.38. The van der Waals surface area contributed by atoms with Gasteiger partial charge in [-0.2, -0.15) is 18.3 Å². The number of anilines is 1. The van der Waals surface area contributed by atoms with E-state index in [9.17, 15) is 18.0 Å². The zero-order chi connectivity index (χ0) is 20.8. The van der Waals surface area contributed by atoms with E-state index in [4.69, 9.17) is 0 Å². The number of fused-ring (bicyclic) bond motifs is 1. The number of halogens is 3. The summed E-state index contributed by atoms with van der Waals surface area (Å²) < 4.78 is 42.4. The van der Waals surface area contributed by atoms with Crippen LogP contribution in [0.1, 0.15) is 67.7 Å². The molecule has 1 saturated heterocycles. The molecule has 1 amide bonds. The Morgan fingerprint density at radius 2 is 1.79 bits per heavy atom. The van der Waals surface area contributed by atoms with Crippen molar-refractivity contribution in [2.24, 2.45) is 0 Å². The van der Waals surface area contributed by atoms with Crippen LogP contribution >= 0.6 is 0 Å². The summed E-state index contributed by atoms with van der Waals surface area (Å²) in [5.41, 5.74) is 0.844. The predicted molar refractivity (Wildman–Crippen MR) is 104 cm³/mol. The monoisotopic (exact) mass is 406 g/mol. The zero-order valence-electron chi connectivity index (χ0n) is 16.5. The van der Waals surface area contributed by atoms with Gasteiger partial charge in [0.25, 0.3) is 5.91 Å². The molecule has 156 valence electrons. The van der Waals surface area contributed by atoms with Crippen molar-refractivity contribution in [3.63, 3.8) is 0 Å². The fraction of sp³-hybridized carbons (Fsp3) is 0.524. The molecule has 2 aliphatic heterocycles. The van der Waals surface area contributed by atoms with Crippen LogP contribution in [0.5, 0.6) is 0 Å². The van der Waals surface area contributed by atoms with Crippen molar-refractivity contribution in [2.45, 2.75) is 69.9 Å². The molecule has 0 saturated carbocycles. The molecule has 4 rings (SSSR count). The van der Waals surface area contributed by atoms with Crippen molar-refractivity contribution in [1.82, 2.24) is 14.7 Å². The van der Waals surface area contributed by atoms with E-state index in [1.165, 1.54) is 6.07 Å². The minimum absolute atomic E-state index is 0.0495. The molecule has 2 aliphatic rings. The standard InChI is InChI=1S/C21H25F3N4O/c1-13-7-6-8-14(2)27(13)20(29)17-12-19-25-16(15-9-4-3-5-10-15)11-18(21(22,23)24)28(19)26-17/h3-5,9-10,12-14,16,18,25H,6-8,11H2,1-2H3/t13-,14+,16-,18-/m1/s1. The van der Waals surface area contributed by atoms with Gasteiger partial charge in [-0.1, -0.05) is 30.3 Å². The van der Waals surface area contributed by atoms with Gasteiger partial charge in [0, 0.05) is 24.6 Å². The summed E-state index contributed by atoms with van der Waals surface area (Å²) in [4.78, 5) is 14.8. The van der Waals surface area contributed by atoms with Crippen LogP contribution in [0.3, 0.4) is 0 Å². The molecule has 1 aromatic carbocycles. The van der Waals surface area contributed by atoms with E-state index in [2.05, 4.69) is 10.4 Å². The van der Waals surface area contributed by atoms with Crippen LogP contribution in [0, 0.1) is 0 Å². The highest BCUT2D eigenvalue weighted by Gasteiger charge is 2.47. The SMILES string of the molecule is C[C@@H]1CCC[C@H](C)N1C(=O)c1cc2n(n1)[C@@H](C(F)(F)F)C[C@H](c1ccccc1)N2. The summed E-state index contributed by atoms with van der Waals surface area (Å²) in [5.74, 6) is -0.0707. The average molecular weight is 406 g/mol. The first-order valence-corrected chi connectivity index (χ1v) is 10.1. The number of hydrogen-bond acceptors (Lipinski definition) is 3. The van der Waals surface area contributed by atoms with Gasteiger partial charge in [0.05, 0.1) is 6.04 Å². The number of hydrogen-bond donors (Lipinski definition) is 1. The first-order valence-electron chi connectivity index (χ1n) is 10.1. The molecule has 1 N–H and O–H groups in total. The molecule has 3 heterocycles. The quantitative estimate of drug-likeness (QED) is 0.768. The molecule has 1 fully saturated rings. The zero-order valence-corrected chi connectivity index (χ0v) is 16.5. The fourth-order valence-corrected chi connectivity index (χ4v) is 4.54. The van der Waals surface area contributed by atoms with Crippen LogP contribution in [0.15, 0.2) is 36.4 Å². The van der Waals surface area contributed by atoms with Gasteiger partial charge < -0.3 is 10.2 Å². The highest BCUT2D eigenvalue weighted by molar-refractivity contribution is 5.93. The maximum atomic E-state index is 13.8. The van der Waals surface area contributed by atoms with Crippen molar-refractivity contribution in [2.75, 3.05) is 5.32 Å². The molecule has 0 unspecified atom stereocenters. The van der Waals surface area contributed by atoms with Crippen molar-refractivity contribution >= 4 is 11.7 Å². The van der Waals surface area contributed by atoms with Gasteiger partial charge in [-0.25, -0.2) is 4.68 Å². The van der Waals surface area contributed by atoms with Crippen LogP contribution < -0.4 is 5.32 Å². The molecular formula is C21H25F3N4O. The van der Waals surface area contributed by atoms with E-state index in [1.807, 2.05) is 19.9 Å². The molecule has 4 atom stereocenters. The van der Waals surface area contributed by atoms with Gasteiger partial charge in [-0.05, 0) is 38.7 Å². The maximum absolute atomic E-state index is 13.8. The number of aromatic nitrogens is 2. The van der Waals surface area contributed by atoms with E-state index >= 15 is 0 Å². The van der Waals surface area contributed by atoms with Crippen LogP contribution in [-0.2, 0) is 0 Å². The van der Waals surface area contributed by atoms with Crippen LogP contribution in [0.25, 0.3) is 0 Å². The van der Waals surface area contributed by atoms with Crippen LogP contribution in [-0.4, -0.2) is 38.8 Å². The number of carbonyl (C=O) groups excluding carboxylic acids is 1. The third kappa shape index (κ3) is 3.72. The number of nitrogens with zero attached hydrogens (tertiary/aromatic N) is 3. The van der Waals surface area contributed by atoms with Gasteiger partial charge in [-0.15, -0.1) is 0 Å². The van der Waals surface area contributed by atoms with E-state index in [0.29, 0.717) is 0 Å². The van der Waals surface area contributed by atoms with E-state index in [1.54, 1.807) is 29.2 Å². The first kappa shape index (κ1) is 19.8. The van der Waals surface area contributed by atoms with Crippen molar-refractivity contribution in [1.29, 1.82) is 0 Å². The predicted octanol–water partition coefficient (Wildman–Crippen LogP) is 4.95. The summed E-state index contributed by atoms with van der Waals surface area (Å²) in [6, 6.07) is 8.34. The number of benzene rings is 1. The Hall–Kier alpha value is -2.51. The van der Waals surface area contributed by atoms with E-state index in [-0.39, 0.29) is 35.9 Å². The number of rotatable bonds is 2. The number of likely N-dealkylation sites (tertiary alicyclic amines) is 1. The third-order valence-electron chi connectivity index (χ3n) is 6.04. The average Bonchev–Trinajstić information content (AvgIpc) is 3.11. The molecule has 0 aliphatic carbocycles. The number of carbonyl (C=O) groups is 1. The topological polar surface area (TPSA) is 50.2 Å². The van der Waals surface area contributed by atoms with Gasteiger partial charge >= 0.3 is 6.18 Å². The summed E-state index contributed by atoms with van der Waals surface area (Å²) in [5, 5.41) is 7.26. The summed E-state index contributed by atoms with van der Waals surface area (Å²) in [6.07, 6.45) is -1.80. The van der Waals surface area contributed by atoms with Gasteiger partial charge in [0.15, 0.2) is 11.7 Å². The Kier molecular flexibility index (Phi) is 5.04. The number of amides is 1. The van der Waals surface area contributed by atoms with Crippen molar-refractivity contribution in [3.05, 3.63) is 47.7 Å². The molecule has 1 aromatic heterocycles. The second kappa shape index (κ2) is 7.39. The first-order chi connectivity index (χ1) is 13.8. The Bertz CT molecular complexity index is 870. The fourth-order valence-electron chi connectivity index (χ4n) is 4.54. The molecule has 0 radical (unpaired) electrons. The maximum Gasteiger partial charge on any atom is 0.410 e. The van der Waals surface area contributed by atoms with E-state index < -0.39 is 18.3 Å². The Balaban J connectivity index is 1.68. The third-order valence-corrected chi connectivity index (χ3v) is 6.04. The van der Waals surface area contributed by atoms with Crippen molar-refractivity contribution < 1.29 is 18.0 Å². The number of piperidine rings is 1. The highest BCUT2D eigenvalue weighted by atomic mass is 19.4. The summed E-state index contributed by atoms with van der Waals surface area (Å²) >= 11 is 0. The molecule has 29 heavy (non-hydrogen) atoms. The van der Waals surface area contributed by atoms with E-state index in [0.717, 1.165) is 29.5 Å². The lowest BCUT2D eigenvalue weighted by atomic mass is 9.97. The summed E-state index contributed by atoms with van der Waals surface area (Å²) in [6.45, 7) is 3.96. The second-order valence-electron chi connectivity index (χ2n) is 8.10. The minimum atomic E-state index is -4.46. The largest absolute Gasteiger partial charge is 0.410 e. The molecule has 8 heteroatoms. The van der Waals surface area contributed by atoms with Crippen molar-refractivity contribution in [3.8, 4) is 0 Å².